The highest BCUT2D eigenvalue weighted by Crippen LogP contribution is 2.28. The molecular formula is C13H19N3O3. The van der Waals surface area contributed by atoms with Gasteiger partial charge in [0.05, 0.1) is 4.92 Å². The van der Waals surface area contributed by atoms with Crippen molar-refractivity contribution < 1.29 is 9.72 Å². The highest BCUT2D eigenvalue weighted by atomic mass is 16.6. The fourth-order valence-electron chi connectivity index (χ4n) is 1.66. The molecule has 6 nitrogen and oxygen atoms in total. The summed E-state index contributed by atoms with van der Waals surface area (Å²) in [7, 11) is 0. The standard InChI is InChI=1S/C13H19N3O3/c1-8-5-10(11(16(18)19)6-9(8)2)15-12(17)7-13(3,4)14/h5-6H,7,14H2,1-4H3,(H,15,17). The summed E-state index contributed by atoms with van der Waals surface area (Å²) in [4.78, 5) is 22.3. The zero-order valence-electron chi connectivity index (χ0n) is 11.6. The van der Waals surface area contributed by atoms with E-state index in [-0.39, 0.29) is 23.7 Å². The number of amides is 1. The van der Waals surface area contributed by atoms with Crippen LogP contribution in [0.15, 0.2) is 12.1 Å². The smallest absolute Gasteiger partial charge is 0.293 e. The molecule has 1 aromatic rings. The maximum absolute atomic E-state index is 11.8. The van der Waals surface area contributed by atoms with E-state index in [0.29, 0.717) is 0 Å². The quantitative estimate of drug-likeness (QED) is 0.644. The lowest BCUT2D eigenvalue weighted by Crippen LogP contribution is -2.36. The summed E-state index contributed by atoms with van der Waals surface area (Å²) in [5.41, 5.74) is 6.89. The number of nitrogens with one attached hydrogen (secondary N) is 1. The minimum Gasteiger partial charge on any atom is -0.325 e. The molecule has 1 amide bonds. The predicted molar refractivity (Wildman–Crippen MR) is 74.1 cm³/mol. The molecule has 0 atom stereocenters. The van der Waals surface area contributed by atoms with Gasteiger partial charge in [0.1, 0.15) is 5.69 Å². The van der Waals surface area contributed by atoms with Crippen LogP contribution in [0.4, 0.5) is 11.4 Å². The Morgan fingerprint density at radius 1 is 1.37 bits per heavy atom. The van der Waals surface area contributed by atoms with E-state index < -0.39 is 10.5 Å². The van der Waals surface area contributed by atoms with Crippen molar-refractivity contribution in [3.8, 4) is 0 Å². The van der Waals surface area contributed by atoms with Crippen LogP contribution in [0.2, 0.25) is 0 Å². The van der Waals surface area contributed by atoms with Crippen LogP contribution in [0.25, 0.3) is 0 Å². The van der Waals surface area contributed by atoms with Gasteiger partial charge in [0.15, 0.2) is 0 Å². The Morgan fingerprint density at radius 3 is 2.37 bits per heavy atom. The molecule has 0 saturated carbocycles. The van der Waals surface area contributed by atoms with Crippen LogP contribution in [0.3, 0.4) is 0 Å². The number of carbonyl (C=O) groups excluding carboxylic acids is 1. The van der Waals surface area contributed by atoms with Crippen molar-refractivity contribution in [2.75, 3.05) is 5.32 Å². The average molecular weight is 265 g/mol. The number of nitro groups is 1. The zero-order chi connectivity index (χ0) is 14.8. The summed E-state index contributed by atoms with van der Waals surface area (Å²) in [5, 5.41) is 13.5. The van der Waals surface area contributed by atoms with Gasteiger partial charge in [-0.1, -0.05) is 0 Å². The van der Waals surface area contributed by atoms with Crippen LogP contribution >= 0.6 is 0 Å². The Bertz CT molecular complexity index is 519. The Morgan fingerprint density at radius 2 is 1.89 bits per heavy atom. The summed E-state index contributed by atoms with van der Waals surface area (Å²) in [5.74, 6) is -0.334. The summed E-state index contributed by atoms with van der Waals surface area (Å²) >= 11 is 0. The molecule has 3 N–H and O–H groups in total. The van der Waals surface area contributed by atoms with Crippen molar-refractivity contribution in [1.29, 1.82) is 0 Å². The van der Waals surface area contributed by atoms with Crippen LogP contribution in [-0.4, -0.2) is 16.4 Å². The number of rotatable bonds is 4. The van der Waals surface area contributed by atoms with E-state index >= 15 is 0 Å². The summed E-state index contributed by atoms with van der Waals surface area (Å²) in [6.07, 6.45) is 0.0943. The normalized spacial score (nSPS) is 11.2. The van der Waals surface area contributed by atoms with Crippen molar-refractivity contribution >= 4 is 17.3 Å². The van der Waals surface area contributed by atoms with Gasteiger partial charge < -0.3 is 11.1 Å². The monoisotopic (exact) mass is 265 g/mol. The van der Waals surface area contributed by atoms with E-state index in [2.05, 4.69) is 5.32 Å². The molecule has 0 unspecified atom stereocenters. The third-order valence-electron chi connectivity index (χ3n) is 2.70. The van der Waals surface area contributed by atoms with Crippen molar-refractivity contribution in [3.63, 3.8) is 0 Å². The first kappa shape index (κ1) is 15.1. The molecule has 0 bridgehead atoms. The van der Waals surface area contributed by atoms with Crippen LogP contribution in [-0.2, 0) is 4.79 Å². The lowest BCUT2D eigenvalue weighted by molar-refractivity contribution is -0.384. The summed E-state index contributed by atoms with van der Waals surface area (Å²) in [6.45, 7) is 7.07. The van der Waals surface area contributed by atoms with Gasteiger partial charge in [-0.15, -0.1) is 0 Å². The minimum atomic E-state index is -0.654. The van der Waals surface area contributed by atoms with E-state index in [1.165, 1.54) is 6.07 Å². The molecule has 0 aliphatic carbocycles. The molecule has 6 heteroatoms. The van der Waals surface area contributed by atoms with E-state index in [0.717, 1.165) is 11.1 Å². The Labute approximate surface area is 112 Å². The van der Waals surface area contributed by atoms with E-state index in [1.54, 1.807) is 26.8 Å². The molecule has 0 spiro atoms. The lowest BCUT2D eigenvalue weighted by Gasteiger charge is -2.17. The van der Waals surface area contributed by atoms with Gasteiger partial charge in [-0.05, 0) is 44.9 Å². The fraction of sp³-hybridized carbons (Fsp3) is 0.462. The van der Waals surface area contributed by atoms with Gasteiger partial charge in [-0.3, -0.25) is 14.9 Å². The molecule has 0 aromatic heterocycles. The van der Waals surface area contributed by atoms with Gasteiger partial charge in [0, 0.05) is 18.0 Å². The SMILES string of the molecule is Cc1cc(NC(=O)CC(C)(C)N)c([N+](=O)[O-])cc1C. The Kier molecular flexibility index (Phi) is 4.26. The number of anilines is 1. The van der Waals surface area contributed by atoms with Crippen LogP contribution < -0.4 is 11.1 Å². The second-order valence-corrected chi connectivity index (χ2v) is 5.42. The summed E-state index contributed by atoms with van der Waals surface area (Å²) < 4.78 is 0. The van der Waals surface area contributed by atoms with E-state index in [4.69, 9.17) is 5.73 Å². The molecule has 0 fully saturated rings. The highest BCUT2D eigenvalue weighted by molar-refractivity contribution is 5.94. The third kappa shape index (κ3) is 4.33. The van der Waals surface area contributed by atoms with Gasteiger partial charge in [0.2, 0.25) is 5.91 Å². The zero-order valence-corrected chi connectivity index (χ0v) is 11.6. The molecule has 19 heavy (non-hydrogen) atoms. The maximum Gasteiger partial charge on any atom is 0.293 e. The molecule has 1 aromatic carbocycles. The van der Waals surface area contributed by atoms with E-state index in [9.17, 15) is 14.9 Å². The van der Waals surface area contributed by atoms with Crippen molar-refractivity contribution in [2.45, 2.75) is 39.7 Å². The first-order chi connectivity index (χ1) is 8.60. The van der Waals surface area contributed by atoms with Crippen LogP contribution in [0, 0.1) is 24.0 Å². The predicted octanol–water partition coefficient (Wildman–Crippen LogP) is 2.28. The Balaban J connectivity index is 3.03. The van der Waals surface area contributed by atoms with Gasteiger partial charge in [-0.2, -0.15) is 0 Å². The number of hydrogen-bond acceptors (Lipinski definition) is 4. The number of nitrogens with zero attached hydrogens (tertiary/aromatic N) is 1. The largest absolute Gasteiger partial charge is 0.325 e. The number of hydrogen-bond donors (Lipinski definition) is 2. The number of aryl methyl sites for hydroxylation is 2. The third-order valence-corrected chi connectivity index (χ3v) is 2.70. The number of carbonyl (C=O) groups is 1. The topological polar surface area (TPSA) is 98.3 Å². The molecular weight excluding hydrogens is 246 g/mol. The molecule has 0 aliphatic heterocycles. The van der Waals surface area contributed by atoms with Crippen molar-refractivity contribution in [3.05, 3.63) is 33.4 Å². The summed E-state index contributed by atoms with van der Waals surface area (Å²) in [6, 6.07) is 3.06. The van der Waals surface area contributed by atoms with Gasteiger partial charge in [-0.25, -0.2) is 0 Å². The molecule has 0 aliphatic rings. The maximum atomic E-state index is 11.8. The second-order valence-electron chi connectivity index (χ2n) is 5.42. The fourth-order valence-corrected chi connectivity index (χ4v) is 1.66. The first-order valence-electron chi connectivity index (χ1n) is 5.94. The first-order valence-corrected chi connectivity index (χ1v) is 5.94. The average Bonchev–Trinajstić information content (AvgIpc) is 2.19. The van der Waals surface area contributed by atoms with Gasteiger partial charge >= 0.3 is 0 Å². The Hall–Kier alpha value is -1.95. The number of benzene rings is 1. The molecule has 0 heterocycles. The van der Waals surface area contributed by atoms with Gasteiger partial charge in [0.25, 0.3) is 5.69 Å². The van der Waals surface area contributed by atoms with Crippen molar-refractivity contribution in [1.82, 2.24) is 0 Å². The molecule has 1 rings (SSSR count). The number of nitro benzene ring substituents is 1. The van der Waals surface area contributed by atoms with Crippen LogP contribution in [0.1, 0.15) is 31.4 Å². The van der Waals surface area contributed by atoms with E-state index in [1.807, 2.05) is 6.92 Å². The number of nitrogens with two attached hydrogens (primary N) is 1. The molecule has 104 valence electrons. The molecule has 0 radical (unpaired) electrons. The lowest BCUT2D eigenvalue weighted by atomic mass is 10.0. The van der Waals surface area contributed by atoms with Crippen LogP contribution in [0.5, 0.6) is 0 Å². The second kappa shape index (κ2) is 5.36. The van der Waals surface area contributed by atoms with Crippen molar-refractivity contribution in [2.24, 2.45) is 5.73 Å². The molecule has 0 saturated heterocycles. The highest BCUT2D eigenvalue weighted by Gasteiger charge is 2.21. The minimum absolute atomic E-state index is 0.0943.